The van der Waals surface area contributed by atoms with Gasteiger partial charge in [0.25, 0.3) is 0 Å². The zero-order valence-corrected chi connectivity index (χ0v) is 8.51. The van der Waals surface area contributed by atoms with Gasteiger partial charge in [-0.2, -0.15) is 0 Å². The summed E-state index contributed by atoms with van der Waals surface area (Å²) in [5.74, 6) is 0. The van der Waals surface area contributed by atoms with Crippen molar-refractivity contribution in [3.63, 3.8) is 0 Å². The molecule has 0 bridgehead atoms. The SMILES string of the molecule is C1=Cc2c(ccc3c4c(ccc23)=NC=C4)=N1. The lowest BCUT2D eigenvalue weighted by Gasteiger charge is -2.03. The molecule has 0 unspecified atom stereocenters. The third kappa shape index (κ3) is 0.865. The molecule has 0 saturated carbocycles. The Kier molecular flexibility index (Phi) is 1.33. The Balaban J connectivity index is 2.30. The zero-order chi connectivity index (χ0) is 10.5. The molecule has 0 atom stereocenters. The van der Waals surface area contributed by atoms with E-state index in [1.54, 1.807) is 0 Å². The Morgan fingerprint density at radius 1 is 0.625 bits per heavy atom. The van der Waals surface area contributed by atoms with Gasteiger partial charge in [0.05, 0.1) is 10.7 Å². The highest BCUT2D eigenvalue weighted by atomic mass is 14.7. The van der Waals surface area contributed by atoms with Crippen LogP contribution in [-0.2, 0) is 0 Å². The summed E-state index contributed by atoms with van der Waals surface area (Å²) < 4.78 is 0. The highest BCUT2D eigenvalue weighted by molar-refractivity contribution is 5.96. The molecule has 2 aromatic carbocycles. The van der Waals surface area contributed by atoms with Gasteiger partial charge in [0, 0.05) is 23.5 Å². The summed E-state index contributed by atoms with van der Waals surface area (Å²) in [5.41, 5.74) is 2.45. The molecular formula is C14H8N2. The van der Waals surface area contributed by atoms with Crippen molar-refractivity contribution >= 4 is 22.9 Å². The Hall–Kier alpha value is -2.22. The second-order valence-corrected chi connectivity index (χ2v) is 3.98. The van der Waals surface area contributed by atoms with Gasteiger partial charge in [-0.05, 0) is 35.1 Å². The Morgan fingerprint density at radius 3 is 1.62 bits per heavy atom. The predicted molar refractivity (Wildman–Crippen MR) is 64.3 cm³/mol. The number of rotatable bonds is 0. The van der Waals surface area contributed by atoms with E-state index >= 15 is 0 Å². The summed E-state index contributed by atoms with van der Waals surface area (Å²) in [6.07, 6.45) is 7.86. The second kappa shape index (κ2) is 2.67. The molecule has 0 aromatic heterocycles. The lowest BCUT2D eigenvalue weighted by molar-refractivity contribution is 1.38. The van der Waals surface area contributed by atoms with Crippen molar-refractivity contribution in [1.82, 2.24) is 0 Å². The first-order valence-electron chi connectivity index (χ1n) is 5.28. The van der Waals surface area contributed by atoms with Crippen LogP contribution in [0.2, 0.25) is 0 Å². The van der Waals surface area contributed by atoms with E-state index in [0.29, 0.717) is 0 Å². The van der Waals surface area contributed by atoms with Crippen LogP contribution >= 0.6 is 0 Å². The maximum atomic E-state index is 4.32. The Bertz CT molecular complexity index is 726. The number of nitrogens with zero attached hydrogens (tertiary/aromatic N) is 2. The van der Waals surface area contributed by atoms with Crippen LogP contribution in [0.4, 0.5) is 0 Å². The lowest BCUT2D eigenvalue weighted by Crippen LogP contribution is -2.07. The molecule has 0 aliphatic carbocycles. The van der Waals surface area contributed by atoms with Crippen LogP contribution < -0.4 is 10.7 Å². The van der Waals surface area contributed by atoms with Crippen molar-refractivity contribution in [1.29, 1.82) is 0 Å². The van der Waals surface area contributed by atoms with Crippen LogP contribution in [0.25, 0.3) is 22.9 Å². The molecule has 0 saturated heterocycles. The van der Waals surface area contributed by atoms with Crippen LogP contribution in [-0.4, -0.2) is 0 Å². The molecule has 2 aromatic rings. The van der Waals surface area contributed by atoms with Gasteiger partial charge in [0.1, 0.15) is 0 Å². The summed E-state index contributed by atoms with van der Waals surface area (Å²) in [4.78, 5) is 8.64. The van der Waals surface area contributed by atoms with Crippen molar-refractivity contribution < 1.29 is 0 Å². The Labute approximate surface area is 92.0 Å². The minimum absolute atomic E-state index is 1.06. The van der Waals surface area contributed by atoms with Crippen LogP contribution in [0.1, 0.15) is 11.1 Å². The van der Waals surface area contributed by atoms with Crippen molar-refractivity contribution in [2.24, 2.45) is 9.98 Å². The summed E-state index contributed by atoms with van der Waals surface area (Å²) in [6, 6.07) is 8.41. The second-order valence-electron chi connectivity index (χ2n) is 3.98. The molecule has 2 aliphatic heterocycles. The van der Waals surface area contributed by atoms with E-state index in [9.17, 15) is 0 Å². The average Bonchev–Trinajstić information content (AvgIpc) is 2.96. The molecule has 2 heteroatoms. The number of benzene rings is 2. The maximum absolute atomic E-state index is 4.32. The lowest BCUT2D eigenvalue weighted by atomic mass is 10.00. The largest absolute Gasteiger partial charge is 0.256 e. The summed E-state index contributed by atoms with van der Waals surface area (Å²) in [6.45, 7) is 0. The molecule has 0 fully saturated rings. The van der Waals surface area contributed by atoms with Gasteiger partial charge in [-0.15, -0.1) is 0 Å². The zero-order valence-electron chi connectivity index (χ0n) is 8.51. The number of fused-ring (bicyclic) bond motifs is 5. The van der Waals surface area contributed by atoms with Gasteiger partial charge in [0.15, 0.2) is 0 Å². The molecule has 0 amide bonds. The highest BCUT2D eigenvalue weighted by Gasteiger charge is 2.09. The third-order valence-corrected chi connectivity index (χ3v) is 3.15. The predicted octanol–water partition coefficient (Wildman–Crippen LogP) is 2.05. The van der Waals surface area contributed by atoms with Gasteiger partial charge in [-0.25, -0.2) is 0 Å². The van der Waals surface area contributed by atoms with E-state index < -0.39 is 0 Å². The van der Waals surface area contributed by atoms with Crippen molar-refractivity contribution in [2.45, 2.75) is 0 Å². The molecule has 2 aliphatic rings. The average molecular weight is 204 g/mol. The van der Waals surface area contributed by atoms with Crippen LogP contribution in [0.3, 0.4) is 0 Å². The first-order valence-corrected chi connectivity index (χ1v) is 5.28. The van der Waals surface area contributed by atoms with Crippen LogP contribution in [0.5, 0.6) is 0 Å². The smallest absolute Gasteiger partial charge is 0.0708 e. The summed E-state index contributed by atoms with van der Waals surface area (Å²) in [5, 5.41) is 4.64. The number of hydrogen-bond acceptors (Lipinski definition) is 2. The monoisotopic (exact) mass is 204 g/mol. The van der Waals surface area contributed by atoms with Crippen molar-refractivity contribution in [2.75, 3.05) is 0 Å². The van der Waals surface area contributed by atoms with Crippen molar-refractivity contribution in [3.05, 3.63) is 58.5 Å². The fourth-order valence-corrected chi connectivity index (χ4v) is 2.39. The summed E-state index contributed by atoms with van der Waals surface area (Å²) in [7, 11) is 0. The minimum Gasteiger partial charge on any atom is -0.256 e. The molecule has 0 spiro atoms. The van der Waals surface area contributed by atoms with E-state index in [-0.39, 0.29) is 0 Å². The van der Waals surface area contributed by atoms with Crippen molar-refractivity contribution in [3.8, 4) is 0 Å². The van der Waals surface area contributed by atoms with Gasteiger partial charge in [-0.3, -0.25) is 9.98 Å². The topological polar surface area (TPSA) is 24.7 Å². The molecule has 0 radical (unpaired) electrons. The molecule has 0 N–H and O–H groups in total. The fraction of sp³-hybridized carbons (Fsp3) is 0. The van der Waals surface area contributed by atoms with E-state index in [0.717, 1.165) is 10.7 Å². The normalized spacial score (nSPS) is 14.8. The highest BCUT2D eigenvalue weighted by Crippen LogP contribution is 2.22. The molecule has 16 heavy (non-hydrogen) atoms. The van der Waals surface area contributed by atoms with Gasteiger partial charge < -0.3 is 0 Å². The van der Waals surface area contributed by atoms with Crippen LogP contribution in [0.15, 0.2) is 46.7 Å². The quantitative estimate of drug-likeness (QED) is 0.627. The van der Waals surface area contributed by atoms with E-state index in [4.69, 9.17) is 0 Å². The molecule has 74 valence electrons. The standard InChI is InChI=1S/C14H8N2/c1-3-13-12(6-8-15-13)10-2-4-14-11(9(1)10)5-7-16-14/h1-8H. The van der Waals surface area contributed by atoms with Gasteiger partial charge in [0.2, 0.25) is 0 Å². The number of hydrogen-bond donors (Lipinski definition) is 0. The first-order chi connectivity index (χ1) is 7.93. The minimum atomic E-state index is 1.06. The molecule has 2 heterocycles. The summed E-state index contributed by atoms with van der Waals surface area (Å²) >= 11 is 0. The first kappa shape index (κ1) is 7.99. The van der Waals surface area contributed by atoms with Gasteiger partial charge in [-0.1, -0.05) is 12.1 Å². The molecular weight excluding hydrogens is 196 g/mol. The molecule has 2 nitrogen and oxygen atoms in total. The Morgan fingerprint density at radius 2 is 1.12 bits per heavy atom. The van der Waals surface area contributed by atoms with Crippen LogP contribution in [0, 0.1) is 0 Å². The molecule has 4 rings (SSSR count). The van der Waals surface area contributed by atoms with E-state index in [2.05, 4.69) is 46.4 Å². The third-order valence-electron chi connectivity index (χ3n) is 3.15. The fourth-order valence-electron chi connectivity index (χ4n) is 2.39. The van der Waals surface area contributed by atoms with Gasteiger partial charge >= 0.3 is 0 Å². The van der Waals surface area contributed by atoms with E-state index in [1.807, 2.05) is 12.4 Å². The maximum Gasteiger partial charge on any atom is 0.0708 e. The van der Waals surface area contributed by atoms with E-state index in [1.165, 1.54) is 21.9 Å².